The Morgan fingerprint density at radius 3 is 2.90 bits per heavy atom. The summed E-state index contributed by atoms with van der Waals surface area (Å²) in [6.45, 7) is 4.90. The van der Waals surface area contributed by atoms with Gasteiger partial charge in [0, 0.05) is 31.6 Å². The Bertz CT molecular complexity index is 674. The molecule has 0 radical (unpaired) electrons. The summed E-state index contributed by atoms with van der Waals surface area (Å²) < 4.78 is 1.83. The van der Waals surface area contributed by atoms with Gasteiger partial charge in [0.05, 0.1) is 24.1 Å². The highest BCUT2D eigenvalue weighted by atomic mass is 15.3. The fourth-order valence-corrected chi connectivity index (χ4v) is 2.99. The topological polar surface area (TPSA) is 46.0 Å². The number of hydrogen-bond acceptors (Lipinski definition) is 4. The van der Waals surface area contributed by atoms with Crippen molar-refractivity contribution in [1.82, 2.24) is 19.7 Å². The van der Waals surface area contributed by atoms with Gasteiger partial charge in [-0.3, -0.25) is 9.58 Å². The molecule has 1 aliphatic heterocycles. The molecule has 5 heteroatoms. The van der Waals surface area contributed by atoms with Crippen molar-refractivity contribution in [1.29, 1.82) is 0 Å². The van der Waals surface area contributed by atoms with E-state index in [1.807, 2.05) is 24.9 Å². The van der Waals surface area contributed by atoms with Crippen LogP contribution in [0.25, 0.3) is 11.0 Å². The fraction of sp³-hybridized carbons (Fsp3) is 0.500. The summed E-state index contributed by atoms with van der Waals surface area (Å²) in [5.74, 6) is 2.72. The van der Waals surface area contributed by atoms with Gasteiger partial charge in [0.15, 0.2) is 5.65 Å². The van der Waals surface area contributed by atoms with E-state index in [9.17, 15) is 0 Å². The van der Waals surface area contributed by atoms with Crippen molar-refractivity contribution in [2.24, 2.45) is 7.05 Å². The zero-order chi connectivity index (χ0) is 14.8. The van der Waals surface area contributed by atoms with Crippen LogP contribution in [-0.2, 0) is 7.05 Å². The quantitative estimate of drug-likeness (QED) is 0.872. The third-order valence-corrected chi connectivity index (χ3v) is 4.14. The number of rotatable bonds is 3. The Balaban J connectivity index is 1.69. The molecule has 1 aliphatic rings. The normalized spacial score (nSPS) is 17.0. The maximum Gasteiger partial charge on any atom is 0.157 e. The fourth-order valence-electron chi connectivity index (χ4n) is 2.99. The van der Waals surface area contributed by atoms with Crippen molar-refractivity contribution in [3.8, 4) is 12.3 Å². The average Bonchev–Trinajstić information content (AvgIpc) is 2.76. The van der Waals surface area contributed by atoms with Crippen LogP contribution in [0.5, 0.6) is 0 Å². The van der Waals surface area contributed by atoms with E-state index in [0.29, 0.717) is 6.04 Å². The number of anilines is 1. The second-order valence-electron chi connectivity index (χ2n) is 5.70. The predicted octanol–water partition coefficient (Wildman–Crippen LogP) is 1.79. The van der Waals surface area contributed by atoms with Crippen molar-refractivity contribution in [2.75, 3.05) is 25.0 Å². The number of hydrogen-bond donors (Lipinski definition) is 1. The Labute approximate surface area is 125 Å². The number of nitrogens with one attached hydrogen (secondary N) is 1. The number of terminal acetylenes is 1. The first-order chi connectivity index (χ1) is 10.2. The molecule has 0 amide bonds. The van der Waals surface area contributed by atoms with Crippen molar-refractivity contribution < 1.29 is 0 Å². The molecule has 1 N–H and O–H groups in total. The SMILES string of the molecule is C#CCN1CCC(Nc2cnc3c(c2)c(C)nn3C)CC1. The van der Waals surface area contributed by atoms with Crippen LogP contribution in [-0.4, -0.2) is 45.3 Å². The zero-order valence-electron chi connectivity index (χ0n) is 12.6. The van der Waals surface area contributed by atoms with Gasteiger partial charge < -0.3 is 5.32 Å². The third kappa shape index (κ3) is 2.86. The smallest absolute Gasteiger partial charge is 0.157 e. The van der Waals surface area contributed by atoms with E-state index in [0.717, 1.165) is 54.9 Å². The Hall–Kier alpha value is -2.06. The first kappa shape index (κ1) is 13.9. The lowest BCUT2D eigenvalue weighted by molar-refractivity contribution is 0.243. The van der Waals surface area contributed by atoms with Crippen molar-refractivity contribution >= 4 is 16.7 Å². The average molecular weight is 283 g/mol. The number of piperidine rings is 1. The van der Waals surface area contributed by atoms with Crippen LogP contribution in [0.15, 0.2) is 12.3 Å². The Kier molecular flexibility index (Phi) is 3.80. The molecule has 0 unspecified atom stereocenters. The number of nitrogens with zero attached hydrogens (tertiary/aromatic N) is 4. The van der Waals surface area contributed by atoms with Crippen molar-refractivity contribution in [2.45, 2.75) is 25.8 Å². The monoisotopic (exact) mass is 283 g/mol. The lowest BCUT2D eigenvalue weighted by Crippen LogP contribution is -2.39. The number of aromatic nitrogens is 3. The molecule has 21 heavy (non-hydrogen) atoms. The van der Waals surface area contributed by atoms with Gasteiger partial charge in [-0.25, -0.2) is 4.98 Å². The summed E-state index contributed by atoms with van der Waals surface area (Å²) in [4.78, 5) is 6.84. The molecule has 0 aromatic carbocycles. The molecule has 1 fully saturated rings. The summed E-state index contributed by atoms with van der Waals surface area (Å²) in [5, 5.41) is 9.12. The van der Waals surface area contributed by atoms with E-state index < -0.39 is 0 Å². The first-order valence-electron chi connectivity index (χ1n) is 7.39. The molecule has 0 spiro atoms. The van der Waals surface area contributed by atoms with Crippen LogP contribution in [0.3, 0.4) is 0 Å². The van der Waals surface area contributed by atoms with Crippen LogP contribution in [0.1, 0.15) is 18.5 Å². The molecular formula is C16H21N5. The minimum absolute atomic E-state index is 0.496. The first-order valence-corrected chi connectivity index (χ1v) is 7.39. The maximum atomic E-state index is 5.36. The number of fused-ring (bicyclic) bond motifs is 1. The van der Waals surface area contributed by atoms with Gasteiger partial charge in [-0.1, -0.05) is 5.92 Å². The third-order valence-electron chi connectivity index (χ3n) is 4.14. The number of likely N-dealkylation sites (tertiary alicyclic amines) is 1. The number of pyridine rings is 1. The standard InChI is InChI=1S/C16H21N5/c1-4-7-21-8-5-13(6-9-21)18-14-10-15-12(2)19-20(3)16(15)17-11-14/h1,10-11,13,18H,5-9H2,2-3H3. The molecule has 0 atom stereocenters. The van der Waals surface area contributed by atoms with Crippen LogP contribution in [0.2, 0.25) is 0 Å². The van der Waals surface area contributed by atoms with Crippen molar-refractivity contribution in [3.63, 3.8) is 0 Å². The number of aryl methyl sites for hydroxylation is 2. The van der Waals surface area contributed by atoms with E-state index in [2.05, 4.69) is 32.3 Å². The minimum atomic E-state index is 0.496. The zero-order valence-corrected chi connectivity index (χ0v) is 12.6. The molecule has 3 rings (SSSR count). The lowest BCUT2D eigenvalue weighted by atomic mass is 10.0. The summed E-state index contributed by atoms with van der Waals surface area (Å²) in [7, 11) is 1.93. The van der Waals surface area contributed by atoms with Gasteiger partial charge in [0.2, 0.25) is 0 Å². The molecule has 0 saturated carbocycles. The highest BCUT2D eigenvalue weighted by Crippen LogP contribution is 2.21. The van der Waals surface area contributed by atoms with Crippen LogP contribution >= 0.6 is 0 Å². The van der Waals surface area contributed by atoms with Crippen LogP contribution < -0.4 is 5.32 Å². The lowest BCUT2D eigenvalue weighted by Gasteiger charge is -2.31. The highest BCUT2D eigenvalue weighted by molar-refractivity contribution is 5.81. The van der Waals surface area contributed by atoms with E-state index in [1.54, 1.807) is 0 Å². The summed E-state index contributed by atoms with van der Waals surface area (Å²) in [6.07, 6.45) is 9.50. The second-order valence-corrected chi connectivity index (χ2v) is 5.70. The second kappa shape index (κ2) is 5.74. The molecule has 0 aliphatic carbocycles. The van der Waals surface area contributed by atoms with Gasteiger partial charge in [-0.15, -0.1) is 6.42 Å². The van der Waals surface area contributed by atoms with Crippen LogP contribution in [0, 0.1) is 19.3 Å². The molecular weight excluding hydrogens is 262 g/mol. The molecule has 2 aromatic rings. The van der Waals surface area contributed by atoms with E-state index >= 15 is 0 Å². The summed E-state index contributed by atoms with van der Waals surface area (Å²) in [6, 6.07) is 2.65. The minimum Gasteiger partial charge on any atom is -0.381 e. The van der Waals surface area contributed by atoms with E-state index in [4.69, 9.17) is 6.42 Å². The van der Waals surface area contributed by atoms with Gasteiger partial charge in [0.1, 0.15) is 0 Å². The highest BCUT2D eigenvalue weighted by Gasteiger charge is 2.18. The van der Waals surface area contributed by atoms with Gasteiger partial charge >= 0.3 is 0 Å². The van der Waals surface area contributed by atoms with Gasteiger partial charge in [-0.05, 0) is 25.8 Å². The van der Waals surface area contributed by atoms with Gasteiger partial charge in [-0.2, -0.15) is 5.10 Å². The molecule has 3 heterocycles. The summed E-state index contributed by atoms with van der Waals surface area (Å²) in [5.41, 5.74) is 3.03. The van der Waals surface area contributed by atoms with E-state index in [-0.39, 0.29) is 0 Å². The molecule has 0 bridgehead atoms. The Morgan fingerprint density at radius 2 is 2.19 bits per heavy atom. The summed E-state index contributed by atoms with van der Waals surface area (Å²) >= 11 is 0. The molecule has 5 nitrogen and oxygen atoms in total. The molecule has 110 valence electrons. The van der Waals surface area contributed by atoms with Gasteiger partial charge in [0.25, 0.3) is 0 Å². The molecule has 2 aromatic heterocycles. The molecule has 1 saturated heterocycles. The van der Waals surface area contributed by atoms with Crippen molar-refractivity contribution in [3.05, 3.63) is 18.0 Å². The van der Waals surface area contributed by atoms with Crippen LogP contribution in [0.4, 0.5) is 5.69 Å². The maximum absolute atomic E-state index is 5.36. The largest absolute Gasteiger partial charge is 0.381 e. The predicted molar refractivity (Wildman–Crippen MR) is 85.2 cm³/mol. The van der Waals surface area contributed by atoms with E-state index in [1.165, 1.54) is 0 Å². The Morgan fingerprint density at radius 1 is 1.43 bits per heavy atom.